The first-order valence-corrected chi connectivity index (χ1v) is 11.3. The number of benzene rings is 2. The van der Waals surface area contributed by atoms with Crippen LogP contribution in [0.3, 0.4) is 0 Å². The Kier molecular flexibility index (Phi) is 6.32. The molecule has 0 fully saturated rings. The first-order chi connectivity index (χ1) is 15.5. The summed E-state index contributed by atoms with van der Waals surface area (Å²) < 4.78 is 11.0. The molecule has 1 N–H and O–H groups in total. The van der Waals surface area contributed by atoms with Crippen LogP contribution >= 0.6 is 11.8 Å². The maximum absolute atomic E-state index is 12.8. The molecule has 0 aliphatic carbocycles. The second-order valence-corrected chi connectivity index (χ2v) is 8.09. The summed E-state index contributed by atoms with van der Waals surface area (Å²) in [5.74, 6) is 1.51. The van der Waals surface area contributed by atoms with Crippen LogP contribution in [0, 0.1) is 0 Å². The van der Waals surface area contributed by atoms with E-state index in [1.54, 1.807) is 29.8 Å². The van der Waals surface area contributed by atoms with Crippen LogP contribution in [0.4, 0.5) is 4.79 Å². The number of thioether (sulfide) groups is 1. The maximum atomic E-state index is 12.8. The van der Waals surface area contributed by atoms with Gasteiger partial charge in [0, 0.05) is 22.7 Å². The Hall–Kier alpha value is -3.52. The molecule has 0 saturated carbocycles. The van der Waals surface area contributed by atoms with Crippen molar-refractivity contribution in [3.63, 3.8) is 0 Å². The number of urea groups is 1. The van der Waals surface area contributed by atoms with E-state index in [2.05, 4.69) is 22.0 Å². The van der Waals surface area contributed by atoms with Gasteiger partial charge in [0.25, 0.3) is 5.89 Å². The first kappa shape index (κ1) is 21.7. The lowest BCUT2D eigenvalue weighted by Gasteiger charge is -2.34. The molecule has 1 aromatic heterocycles. The molecule has 2 amide bonds. The van der Waals surface area contributed by atoms with Crippen molar-refractivity contribution in [2.24, 2.45) is 0 Å². The summed E-state index contributed by atoms with van der Waals surface area (Å²) in [6.45, 7) is 6.02. The van der Waals surface area contributed by atoms with Crippen LogP contribution < -0.4 is 10.1 Å². The monoisotopic (exact) mass is 448 g/mol. The van der Waals surface area contributed by atoms with Crippen LogP contribution in [-0.4, -0.2) is 41.0 Å². The maximum Gasteiger partial charge on any atom is 0.322 e. The third-order valence-corrected chi connectivity index (χ3v) is 6.09. The first-order valence-electron chi connectivity index (χ1n) is 10.1. The zero-order valence-corrected chi connectivity index (χ0v) is 19.0. The van der Waals surface area contributed by atoms with E-state index >= 15 is 0 Å². The van der Waals surface area contributed by atoms with Gasteiger partial charge in [0.1, 0.15) is 5.75 Å². The minimum Gasteiger partial charge on any atom is -0.497 e. The van der Waals surface area contributed by atoms with Crippen molar-refractivity contribution >= 4 is 23.4 Å². The number of nitrogens with one attached hydrogen (secondary N) is 1. The third-order valence-electron chi connectivity index (χ3n) is 5.34. The zero-order valence-electron chi connectivity index (χ0n) is 18.2. The Labute approximate surface area is 191 Å². The van der Waals surface area contributed by atoms with Gasteiger partial charge in [0.2, 0.25) is 5.82 Å². The number of carbonyl (C=O) groups is 1. The van der Waals surface area contributed by atoms with Crippen molar-refractivity contribution in [2.45, 2.75) is 17.9 Å². The van der Waals surface area contributed by atoms with Gasteiger partial charge >= 0.3 is 6.03 Å². The van der Waals surface area contributed by atoms with Crippen molar-refractivity contribution in [3.05, 3.63) is 78.3 Å². The second kappa shape index (κ2) is 9.32. The fraction of sp³-hybridized carbons (Fsp3) is 0.208. The summed E-state index contributed by atoms with van der Waals surface area (Å²) in [4.78, 5) is 20.2. The molecule has 1 unspecified atom stereocenters. The highest BCUT2D eigenvalue weighted by Gasteiger charge is 2.35. The fourth-order valence-corrected chi connectivity index (χ4v) is 4.07. The number of ether oxygens (including phenoxy) is 1. The lowest BCUT2D eigenvalue weighted by atomic mass is 9.94. The van der Waals surface area contributed by atoms with Gasteiger partial charge in [-0.05, 0) is 43.0 Å². The number of nitrogens with zero attached hydrogens (tertiary/aromatic N) is 3. The van der Waals surface area contributed by atoms with E-state index in [0.717, 1.165) is 27.3 Å². The van der Waals surface area contributed by atoms with Gasteiger partial charge in [0.05, 0.1) is 18.7 Å². The van der Waals surface area contributed by atoms with Crippen LogP contribution in [0.15, 0.2) is 76.3 Å². The molecule has 0 radical (unpaired) electrons. The molecular weight excluding hydrogens is 424 g/mol. The van der Waals surface area contributed by atoms with Gasteiger partial charge in [-0.2, -0.15) is 4.98 Å². The molecule has 1 atom stereocenters. The minimum absolute atomic E-state index is 0.197. The molecule has 32 heavy (non-hydrogen) atoms. The Bertz CT molecular complexity index is 1170. The predicted octanol–water partition coefficient (Wildman–Crippen LogP) is 5.15. The fourth-order valence-electron chi connectivity index (χ4n) is 3.67. The molecule has 0 spiro atoms. The van der Waals surface area contributed by atoms with Gasteiger partial charge in [-0.25, -0.2) is 4.79 Å². The molecule has 164 valence electrons. The molecule has 0 saturated heterocycles. The van der Waals surface area contributed by atoms with E-state index < -0.39 is 6.04 Å². The van der Waals surface area contributed by atoms with E-state index in [-0.39, 0.29) is 6.03 Å². The van der Waals surface area contributed by atoms with Crippen LogP contribution in [0.1, 0.15) is 24.4 Å². The number of rotatable bonds is 7. The molecule has 2 heterocycles. The van der Waals surface area contributed by atoms with Gasteiger partial charge < -0.3 is 14.6 Å². The molecule has 4 rings (SSSR count). The van der Waals surface area contributed by atoms with Crippen LogP contribution in [0.25, 0.3) is 17.0 Å². The number of aromatic nitrogens is 2. The van der Waals surface area contributed by atoms with Gasteiger partial charge in [-0.3, -0.25) is 4.90 Å². The largest absolute Gasteiger partial charge is 0.497 e. The highest BCUT2D eigenvalue weighted by Crippen LogP contribution is 2.37. The average molecular weight is 449 g/mol. The number of hydrogen-bond acceptors (Lipinski definition) is 6. The second-order valence-electron chi connectivity index (χ2n) is 7.21. The number of methoxy groups -OCH3 is 1. The normalized spacial score (nSPS) is 16.2. The molecule has 3 aromatic rings. The highest BCUT2D eigenvalue weighted by atomic mass is 32.2. The summed E-state index contributed by atoms with van der Waals surface area (Å²) in [5, 5.41) is 7.26. The number of carbonyl (C=O) groups excluding carboxylic acids is 1. The van der Waals surface area contributed by atoms with Crippen LogP contribution in [0.2, 0.25) is 0 Å². The Morgan fingerprint density at radius 3 is 2.75 bits per heavy atom. The molecule has 0 bridgehead atoms. The number of amides is 2. The molecule has 1 aliphatic rings. The topological polar surface area (TPSA) is 80.5 Å². The lowest BCUT2D eigenvalue weighted by molar-refractivity contribution is 0.209. The number of allylic oxidation sites excluding steroid dienone is 1. The van der Waals surface area contributed by atoms with E-state index in [1.807, 2.05) is 61.7 Å². The van der Waals surface area contributed by atoms with Crippen molar-refractivity contribution in [3.8, 4) is 17.1 Å². The molecule has 1 aliphatic heterocycles. The van der Waals surface area contributed by atoms with Crippen molar-refractivity contribution in [1.82, 2.24) is 20.4 Å². The minimum atomic E-state index is -0.418. The Morgan fingerprint density at radius 2 is 2.06 bits per heavy atom. The van der Waals surface area contributed by atoms with Gasteiger partial charge in [0.15, 0.2) is 0 Å². The van der Waals surface area contributed by atoms with E-state index in [0.29, 0.717) is 24.0 Å². The Balaban J connectivity index is 1.80. The summed E-state index contributed by atoms with van der Waals surface area (Å²) in [5.41, 5.74) is 3.21. The lowest BCUT2D eigenvalue weighted by Crippen LogP contribution is -2.46. The standard InChI is InChI=1S/C24H24N4O3S/c1-5-13-28-15(2)20(21(25-24(28)29)16-9-11-19(32-4)12-10-16)23-26-22(27-31-23)17-7-6-8-18(14-17)30-3/h5-12,14,21H,1,13H2,2-4H3,(H,25,29). The van der Waals surface area contributed by atoms with Crippen LogP contribution in [0.5, 0.6) is 5.75 Å². The van der Waals surface area contributed by atoms with E-state index in [9.17, 15) is 4.79 Å². The predicted molar refractivity (Wildman–Crippen MR) is 125 cm³/mol. The molecule has 7 nitrogen and oxygen atoms in total. The van der Waals surface area contributed by atoms with Gasteiger partial charge in [-0.15, -0.1) is 18.3 Å². The smallest absolute Gasteiger partial charge is 0.322 e. The van der Waals surface area contributed by atoms with E-state index in [1.165, 1.54) is 0 Å². The van der Waals surface area contributed by atoms with Crippen molar-refractivity contribution in [1.29, 1.82) is 0 Å². The summed E-state index contributed by atoms with van der Waals surface area (Å²) in [6.07, 6.45) is 3.71. The van der Waals surface area contributed by atoms with Crippen LogP contribution in [-0.2, 0) is 0 Å². The third kappa shape index (κ3) is 4.13. The van der Waals surface area contributed by atoms with Crippen molar-refractivity contribution in [2.75, 3.05) is 19.9 Å². The molecular formula is C24H24N4O3S. The zero-order chi connectivity index (χ0) is 22.7. The quantitative estimate of drug-likeness (QED) is 0.398. The molecule has 2 aromatic carbocycles. The summed E-state index contributed by atoms with van der Waals surface area (Å²) in [7, 11) is 1.61. The summed E-state index contributed by atoms with van der Waals surface area (Å²) in [6, 6.07) is 14.9. The number of hydrogen-bond donors (Lipinski definition) is 1. The van der Waals surface area contributed by atoms with Crippen molar-refractivity contribution < 1.29 is 14.1 Å². The SMILES string of the molecule is C=CCN1C(=O)NC(c2ccc(SC)cc2)C(c2nc(-c3cccc(OC)c3)no2)=C1C. The Morgan fingerprint density at radius 1 is 1.28 bits per heavy atom. The van der Waals surface area contributed by atoms with E-state index in [4.69, 9.17) is 9.26 Å². The van der Waals surface area contributed by atoms with Gasteiger partial charge in [-0.1, -0.05) is 35.5 Å². The molecule has 8 heteroatoms. The average Bonchev–Trinajstić information content (AvgIpc) is 3.31. The highest BCUT2D eigenvalue weighted by molar-refractivity contribution is 7.98. The summed E-state index contributed by atoms with van der Waals surface area (Å²) >= 11 is 1.66.